The number of carbonyl (C=O) groups is 1. The number of fused-ring (bicyclic) bond motifs is 1. The molecule has 4 rings (SSSR count). The number of nitrogens with one attached hydrogen (secondary N) is 1. The maximum absolute atomic E-state index is 12.7. The summed E-state index contributed by atoms with van der Waals surface area (Å²) in [7, 11) is 0. The lowest BCUT2D eigenvalue weighted by Gasteiger charge is -2.32. The second kappa shape index (κ2) is 7.78. The molecule has 1 fully saturated rings. The maximum atomic E-state index is 12.7. The van der Waals surface area contributed by atoms with Crippen LogP contribution in [0.25, 0.3) is 11.0 Å². The van der Waals surface area contributed by atoms with E-state index in [2.05, 4.69) is 10.5 Å². The number of nitrogens with zero attached hydrogens (tertiary/aromatic N) is 2. The van der Waals surface area contributed by atoms with E-state index < -0.39 is 6.67 Å². The number of piperidine rings is 1. The minimum atomic E-state index is -0.436. The zero-order valence-electron chi connectivity index (χ0n) is 15.0. The maximum Gasteiger partial charge on any atom is 0.323 e. The lowest BCUT2D eigenvalue weighted by Crippen LogP contribution is -2.42. The van der Waals surface area contributed by atoms with Crippen molar-refractivity contribution in [3.05, 3.63) is 59.7 Å². The molecule has 0 saturated carbocycles. The fourth-order valence-electron chi connectivity index (χ4n) is 3.67. The molecule has 2 heterocycles. The van der Waals surface area contributed by atoms with Crippen molar-refractivity contribution in [2.24, 2.45) is 5.92 Å². The second-order valence-electron chi connectivity index (χ2n) is 7.07. The summed E-state index contributed by atoms with van der Waals surface area (Å²) in [6, 6.07) is 14.9. The fourth-order valence-corrected chi connectivity index (χ4v) is 3.67. The van der Waals surface area contributed by atoms with E-state index in [1.165, 1.54) is 5.56 Å². The molecule has 1 atom stereocenters. The van der Waals surface area contributed by atoms with Crippen LogP contribution in [0.15, 0.2) is 53.1 Å². The van der Waals surface area contributed by atoms with Crippen molar-refractivity contribution in [2.75, 3.05) is 18.4 Å². The number of hydrogen-bond donors (Lipinski definition) is 1. The summed E-state index contributed by atoms with van der Waals surface area (Å²) >= 11 is 0. The molecule has 0 aliphatic carbocycles. The second-order valence-corrected chi connectivity index (χ2v) is 7.07. The van der Waals surface area contributed by atoms with E-state index in [9.17, 15) is 9.18 Å². The molecule has 27 heavy (non-hydrogen) atoms. The van der Waals surface area contributed by atoms with Gasteiger partial charge < -0.3 is 9.42 Å². The number of anilines is 1. The number of aromatic nitrogens is 1. The Morgan fingerprint density at radius 1 is 1.19 bits per heavy atom. The lowest BCUT2D eigenvalue weighted by molar-refractivity contribution is 0.177. The summed E-state index contributed by atoms with van der Waals surface area (Å²) in [5, 5.41) is 7.64. The number of halogens is 1. The van der Waals surface area contributed by atoms with E-state index in [1.807, 2.05) is 53.4 Å². The van der Waals surface area contributed by atoms with E-state index in [1.54, 1.807) is 0 Å². The molecule has 0 spiro atoms. The molecule has 1 saturated heterocycles. The minimum Gasteiger partial charge on any atom is -0.354 e. The predicted octanol–water partition coefficient (Wildman–Crippen LogP) is 4.78. The summed E-state index contributed by atoms with van der Waals surface area (Å²) in [6.07, 6.45) is 2.95. The SMILES string of the molecule is O=C(Nc1noc2ccccc12)N1CCCC(Cc2ccc(CF)cc2)C1. The van der Waals surface area contributed by atoms with Gasteiger partial charge in [-0.3, -0.25) is 5.32 Å². The van der Waals surface area contributed by atoms with Crippen LogP contribution in [0.2, 0.25) is 0 Å². The van der Waals surface area contributed by atoms with E-state index in [4.69, 9.17) is 4.52 Å². The third-order valence-electron chi connectivity index (χ3n) is 5.11. The Hall–Kier alpha value is -2.89. The van der Waals surface area contributed by atoms with Gasteiger partial charge in [0.2, 0.25) is 0 Å². The van der Waals surface area contributed by atoms with Crippen LogP contribution in [-0.4, -0.2) is 29.2 Å². The molecule has 5 nitrogen and oxygen atoms in total. The zero-order chi connectivity index (χ0) is 18.6. The van der Waals surface area contributed by atoms with Gasteiger partial charge in [0.25, 0.3) is 0 Å². The predicted molar refractivity (Wildman–Crippen MR) is 102 cm³/mol. The monoisotopic (exact) mass is 367 g/mol. The van der Waals surface area contributed by atoms with Crippen molar-refractivity contribution >= 4 is 22.8 Å². The molecule has 2 amide bonds. The van der Waals surface area contributed by atoms with Crippen LogP contribution in [0, 0.1) is 5.92 Å². The Labute approximate surface area is 157 Å². The number of rotatable bonds is 4. The van der Waals surface area contributed by atoms with E-state index in [0.717, 1.165) is 31.2 Å². The van der Waals surface area contributed by atoms with Crippen molar-refractivity contribution in [1.82, 2.24) is 10.1 Å². The van der Waals surface area contributed by atoms with Crippen LogP contribution in [0.4, 0.5) is 15.0 Å². The molecule has 0 bridgehead atoms. The third-order valence-corrected chi connectivity index (χ3v) is 5.11. The Balaban J connectivity index is 1.39. The van der Waals surface area contributed by atoms with Gasteiger partial charge in [-0.15, -0.1) is 0 Å². The van der Waals surface area contributed by atoms with Gasteiger partial charge in [0, 0.05) is 13.1 Å². The van der Waals surface area contributed by atoms with Crippen molar-refractivity contribution in [3.8, 4) is 0 Å². The molecule has 3 aromatic rings. The number of benzene rings is 2. The standard InChI is InChI=1S/C21H22FN3O2/c22-13-16-9-7-15(8-10-16)12-17-4-3-11-25(14-17)21(26)23-20-18-5-1-2-6-19(18)27-24-20/h1-2,5-10,17H,3-4,11-14H2,(H,23,24,26). The summed E-state index contributed by atoms with van der Waals surface area (Å²) in [4.78, 5) is 14.5. The summed E-state index contributed by atoms with van der Waals surface area (Å²) in [5.74, 6) is 0.856. The highest BCUT2D eigenvalue weighted by Gasteiger charge is 2.25. The van der Waals surface area contributed by atoms with Gasteiger partial charge in [-0.2, -0.15) is 0 Å². The van der Waals surface area contributed by atoms with Gasteiger partial charge >= 0.3 is 6.03 Å². The molecular formula is C21H22FN3O2. The summed E-state index contributed by atoms with van der Waals surface area (Å²) in [6.45, 7) is 1.000. The molecule has 6 heteroatoms. The molecule has 1 aliphatic heterocycles. The van der Waals surface area contributed by atoms with Crippen LogP contribution < -0.4 is 5.32 Å². The molecular weight excluding hydrogens is 345 g/mol. The van der Waals surface area contributed by atoms with Crippen molar-refractivity contribution in [2.45, 2.75) is 25.9 Å². The van der Waals surface area contributed by atoms with Crippen molar-refractivity contribution < 1.29 is 13.7 Å². The molecule has 2 aromatic carbocycles. The van der Waals surface area contributed by atoms with Gasteiger partial charge in [0.1, 0.15) is 6.67 Å². The van der Waals surface area contributed by atoms with Crippen molar-refractivity contribution in [3.63, 3.8) is 0 Å². The average molecular weight is 367 g/mol. The van der Waals surface area contributed by atoms with Gasteiger partial charge in [0.05, 0.1) is 5.39 Å². The zero-order valence-corrected chi connectivity index (χ0v) is 15.0. The highest BCUT2D eigenvalue weighted by Crippen LogP contribution is 2.25. The normalized spacial score (nSPS) is 17.2. The van der Waals surface area contributed by atoms with E-state index in [0.29, 0.717) is 29.4 Å². The van der Waals surface area contributed by atoms with Crippen molar-refractivity contribution in [1.29, 1.82) is 0 Å². The molecule has 1 aliphatic rings. The van der Waals surface area contributed by atoms with Crippen LogP contribution in [-0.2, 0) is 13.1 Å². The number of hydrogen-bond acceptors (Lipinski definition) is 3. The summed E-state index contributed by atoms with van der Waals surface area (Å²) < 4.78 is 17.9. The summed E-state index contributed by atoms with van der Waals surface area (Å²) in [5.41, 5.74) is 2.53. The first-order valence-corrected chi connectivity index (χ1v) is 9.27. The quantitative estimate of drug-likeness (QED) is 0.722. The van der Waals surface area contributed by atoms with Crippen LogP contribution >= 0.6 is 0 Å². The topological polar surface area (TPSA) is 58.4 Å². The largest absolute Gasteiger partial charge is 0.354 e. The van der Waals surface area contributed by atoms with E-state index in [-0.39, 0.29) is 6.03 Å². The Morgan fingerprint density at radius 3 is 2.78 bits per heavy atom. The highest BCUT2D eigenvalue weighted by atomic mass is 19.1. The van der Waals surface area contributed by atoms with Crippen LogP contribution in [0.3, 0.4) is 0 Å². The Bertz CT molecular complexity index is 923. The Kier molecular flexibility index (Phi) is 5.05. The minimum absolute atomic E-state index is 0.147. The van der Waals surface area contributed by atoms with Gasteiger partial charge in [-0.05, 0) is 48.4 Å². The number of carbonyl (C=O) groups excluding carboxylic acids is 1. The Morgan fingerprint density at radius 2 is 1.96 bits per heavy atom. The number of para-hydroxylation sites is 1. The molecule has 1 unspecified atom stereocenters. The fraction of sp³-hybridized carbons (Fsp3) is 0.333. The third kappa shape index (κ3) is 3.94. The van der Waals surface area contributed by atoms with Gasteiger partial charge in [-0.1, -0.05) is 41.6 Å². The lowest BCUT2D eigenvalue weighted by atomic mass is 9.91. The number of likely N-dealkylation sites (tertiary alicyclic amines) is 1. The number of urea groups is 1. The highest BCUT2D eigenvalue weighted by molar-refractivity contribution is 5.98. The number of amides is 2. The molecule has 1 aromatic heterocycles. The van der Waals surface area contributed by atoms with Gasteiger partial charge in [0.15, 0.2) is 11.4 Å². The first-order valence-electron chi connectivity index (χ1n) is 9.27. The molecule has 140 valence electrons. The molecule has 0 radical (unpaired) electrons. The first-order chi connectivity index (χ1) is 13.2. The van der Waals surface area contributed by atoms with E-state index >= 15 is 0 Å². The first kappa shape index (κ1) is 17.5. The van der Waals surface area contributed by atoms with Crippen LogP contribution in [0.5, 0.6) is 0 Å². The van der Waals surface area contributed by atoms with Crippen LogP contribution in [0.1, 0.15) is 24.0 Å². The average Bonchev–Trinajstić information content (AvgIpc) is 3.12. The molecule has 1 N–H and O–H groups in total. The smallest absolute Gasteiger partial charge is 0.323 e. The number of alkyl halides is 1. The van der Waals surface area contributed by atoms with Gasteiger partial charge in [-0.25, -0.2) is 9.18 Å².